The summed E-state index contributed by atoms with van der Waals surface area (Å²) >= 11 is 0. The molecule has 1 atom stereocenters. The Kier molecular flexibility index (Phi) is 5.20. The number of benzene rings is 1. The van der Waals surface area contributed by atoms with Crippen LogP contribution in [0.4, 0.5) is 19.0 Å². The van der Waals surface area contributed by atoms with Gasteiger partial charge in [-0.25, -0.2) is 4.98 Å². The molecule has 140 valence electrons. The first kappa shape index (κ1) is 18.7. The molecule has 1 aromatic carbocycles. The molecule has 1 aliphatic rings. The number of likely N-dealkylation sites (tertiary alicyclic amines) is 1. The van der Waals surface area contributed by atoms with E-state index in [1.165, 1.54) is 24.2 Å². The number of nitrogens with zero attached hydrogens (tertiary/aromatic N) is 3. The Labute approximate surface area is 150 Å². The predicted molar refractivity (Wildman–Crippen MR) is 93.8 cm³/mol. The Hall–Kier alpha value is -2.12. The molecule has 0 spiro atoms. The lowest BCUT2D eigenvalue weighted by molar-refractivity contribution is -0.137. The Balaban J connectivity index is 1.67. The number of aromatic nitrogens is 1. The number of rotatable bonds is 5. The maximum absolute atomic E-state index is 13.2. The number of alkyl halides is 3. The van der Waals surface area contributed by atoms with Gasteiger partial charge in [-0.1, -0.05) is 30.3 Å². The Morgan fingerprint density at radius 2 is 1.92 bits per heavy atom. The van der Waals surface area contributed by atoms with Gasteiger partial charge >= 0.3 is 6.18 Å². The average molecular weight is 365 g/mol. The van der Waals surface area contributed by atoms with Crippen LogP contribution in [0.15, 0.2) is 48.7 Å². The van der Waals surface area contributed by atoms with Crippen LogP contribution in [0, 0.1) is 0 Å². The number of anilines is 1. The SMILES string of the molecule is CN(CC1(O)CCN(Cc2ccccc2)C1)c1ncccc1C(F)(F)F. The topological polar surface area (TPSA) is 39.6 Å². The van der Waals surface area contributed by atoms with Crippen molar-refractivity contribution < 1.29 is 18.3 Å². The Bertz CT molecular complexity index is 738. The fraction of sp³-hybridized carbons (Fsp3) is 0.421. The molecule has 0 saturated carbocycles. The van der Waals surface area contributed by atoms with Crippen molar-refractivity contribution in [2.75, 3.05) is 31.6 Å². The van der Waals surface area contributed by atoms with E-state index in [1.54, 1.807) is 0 Å². The van der Waals surface area contributed by atoms with Crippen molar-refractivity contribution in [1.82, 2.24) is 9.88 Å². The van der Waals surface area contributed by atoms with E-state index in [1.807, 2.05) is 30.3 Å². The third-order valence-electron chi connectivity index (χ3n) is 4.65. The van der Waals surface area contributed by atoms with Crippen LogP contribution in [-0.4, -0.2) is 47.3 Å². The van der Waals surface area contributed by atoms with Gasteiger partial charge in [-0.3, -0.25) is 4.90 Å². The van der Waals surface area contributed by atoms with Crippen LogP contribution >= 0.6 is 0 Å². The molecular formula is C19H22F3N3O. The maximum Gasteiger partial charge on any atom is 0.419 e. The quantitative estimate of drug-likeness (QED) is 0.884. The molecule has 1 aromatic heterocycles. The van der Waals surface area contributed by atoms with Gasteiger partial charge in [0.2, 0.25) is 0 Å². The van der Waals surface area contributed by atoms with E-state index in [4.69, 9.17) is 0 Å². The van der Waals surface area contributed by atoms with E-state index >= 15 is 0 Å². The van der Waals surface area contributed by atoms with Crippen LogP contribution in [0.25, 0.3) is 0 Å². The lowest BCUT2D eigenvalue weighted by Crippen LogP contribution is -2.44. The number of likely N-dealkylation sites (N-methyl/N-ethyl adjacent to an activating group) is 1. The van der Waals surface area contributed by atoms with Gasteiger partial charge in [0.15, 0.2) is 0 Å². The summed E-state index contributed by atoms with van der Waals surface area (Å²) in [7, 11) is 1.54. The minimum Gasteiger partial charge on any atom is -0.387 e. The molecule has 2 aromatic rings. The molecule has 1 saturated heterocycles. The molecule has 7 heteroatoms. The third kappa shape index (κ3) is 4.34. The van der Waals surface area contributed by atoms with Crippen LogP contribution in [0.1, 0.15) is 17.5 Å². The van der Waals surface area contributed by atoms with Gasteiger partial charge in [0.25, 0.3) is 0 Å². The monoisotopic (exact) mass is 365 g/mol. The molecule has 1 aliphatic heterocycles. The number of pyridine rings is 1. The standard InChI is InChI=1S/C19H22F3N3O/c1-24(17-16(19(20,21)22)8-5-10-23-17)13-18(26)9-11-25(14-18)12-15-6-3-2-4-7-15/h2-8,10,26H,9,11-14H2,1H3. The second-order valence-corrected chi connectivity index (χ2v) is 6.90. The number of aliphatic hydroxyl groups is 1. The van der Waals surface area contributed by atoms with E-state index in [2.05, 4.69) is 9.88 Å². The molecule has 0 radical (unpaired) electrons. The summed E-state index contributed by atoms with van der Waals surface area (Å²) in [6.45, 7) is 1.93. The number of hydrogen-bond acceptors (Lipinski definition) is 4. The number of halogens is 3. The predicted octanol–water partition coefficient (Wildman–Crippen LogP) is 3.17. The molecule has 3 rings (SSSR count). The molecule has 2 heterocycles. The van der Waals surface area contributed by atoms with E-state index in [0.29, 0.717) is 26.1 Å². The first-order valence-electron chi connectivity index (χ1n) is 8.49. The lowest BCUT2D eigenvalue weighted by atomic mass is 10.0. The van der Waals surface area contributed by atoms with Crippen molar-refractivity contribution in [3.05, 3.63) is 59.8 Å². The summed E-state index contributed by atoms with van der Waals surface area (Å²) in [5, 5.41) is 10.9. The molecule has 1 N–H and O–H groups in total. The maximum atomic E-state index is 13.2. The van der Waals surface area contributed by atoms with Crippen LogP contribution in [0.5, 0.6) is 0 Å². The highest BCUT2D eigenvalue weighted by atomic mass is 19.4. The fourth-order valence-corrected chi connectivity index (χ4v) is 3.48. The number of β-amino-alcohol motifs (C(OH)–C–C–N with tert-alkyl or cyclic N) is 1. The zero-order valence-corrected chi connectivity index (χ0v) is 14.6. The second-order valence-electron chi connectivity index (χ2n) is 6.90. The normalized spacial score (nSPS) is 21.1. The van der Waals surface area contributed by atoms with E-state index in [0.717, 1.165) is 11.6 Å². The van der Waals surface area contributed by atoms with Crippen molar-refractivity contribution >= 4 is 5.82 Å². The first-order chi connectivity index (χ1) is 12.3. The van der Waals surface area contributed by atoms with Crippen LogP contribution in [0.2, 0.25) is 0 Å². The highest BCUT2D eigenvalue weighted by Gasteiger charge is 2.40. The number of hydrogen-bond donors (Lipinski definition) is 1. The molecule has 0 bridgehead atoms. The molecular weight excluding hydrogens is 343 g/mol. The molecule has 0 amide bonds. The summed E-state index contributed by atoms with van der Waals surface area (Å²) < 4.78 is 39.6. The molecule has 1 unspecified atom stereocenters. The molecule has 4 nitrogen and oxygen atoms in total. The first-order valence-corrected chi connectivity index (χ1v) is 8.49. The van der Waals surface area contributed by atoms with Gasteiger partial charge in [-0.15, -0.1) is 0 Å². The van der Waals surface area contributed by atoms with Crippen molar-refractivity contribution in [2.24, 2.45) is 0 Å². The van der Waals surface area contributed by atoms with E-state index in [-0.39, 0.29) is 12.4 Å². The largest absolute Gasteiger partial charge is 0.419 e. The van der Waals surface area contributed by atoms with Crippen molar-refractivity contribution in [1.29, 1.82) is 0 Å². The molecule has 26 heavy (non-hydrogen) atoms. The Morgan fingerprint density at radius 3 is 2.62 bits per heavy atom. The van der Waals surface area contributed by atoms with Crippen molar-refractivity contribution in [2.45, 2.75) is 24.7 Å². The van der Waals surface area contributed by atoms with Crippen LogP contribution in [-0.2, 0) is 12.7 Å². The summed E-state index contributed by atoms with van der Waals surface area (Å²) in [6, 6.07) is 12.2. The van der Waals surface area contributed by atoms with Crippen LogP contribution in [0.3, 0.4) is 0 Å². The highest BCUT2D eigenvalue weighted by molar-refractivity contribution is 5.48. The summed E-state index contributed by atoms with van der Waals surface area (Å²) in [5.41, 5.74) is -0.705. The average Bonchev–Trinajstić information content (AvgIpc) is 2.95. The minimum absolute atomic E-state index is 0.0956. The van der Waals surface area contributed by atoms with Gasteiger partial charge in [0.05, 0.1) is 11.2 Å². The summed E-state index contributed by atoms with van der Waals surface area (Å²) in [4.78, 5) is 7.40. The highest BCUT2D eigenvalue weighted by Crippen LogP contribution is 2.35. The van der Waals surface area contributed by atoms with Crippen molar-refractivity contribution in [3.8, 4) is 0 Å². The zero-order valence-electron chi connectivity index (χ0n) is 14.6. The zero-order chi connectivity index (χ0) is 18.8. The van der Waals surface area contributed by atoms with Gasteiger partial charge in [-0.2, -0.15) is 13.2 Å². The Morgan fingerprint density at radius 1 is 1.19 bits per heavy atom. The van der Waals surface area contributed by atoms with Gasteiger partial charge in [0, 0.05) is 39.4 Å². The van der Waals surface area contributed by atoms with Gasteiger partial charge in [-0.05, 0) is 24.1 Å². The lowest BCUT2D eigenvalue weighted by Gasteiger charge is -2.31. The fourth-order valence-electron chi connectivity index (χ4n) is 3.48. The summed E-state index contributed by atoms with van der Waals surface area (Å²) in [5.74, 6) is -0.157. The van der Waals surface area contributed by atoms with E-state index < -0.39 is 17.3 Å². The minimum atomic E-state index is -4.48. The van der Waals surface area contributed by atoms with E-state index in [9.17, 15) is 18.3 Å². The molecule has 0 aliphatic carbocycles. The van der Waals surface area contributed by atoms with Gasteiger partial charge < -0.3 is 10.0 Å². The smallest absolute Gasteiger partial charge is 0.387 e. The van der Waals surface area contributed by atoms with Crippen LogP contribution < -0.4 is 4.90 Å². The van der Waals surface area contributed by atoms with Crippen molar-refractivity contribution in [3.63, 3.8) is 0 Å². The summed E-state index contributed by atoms with van der Waals surface area (Å²) in [6.07, 6.45) is -2.63. The molecule has 1 fully saturated rings. The van der Waals surface area contributed by atoms with Gasteiger partial charge in [0.1, 0.15) is 5.82 Å². The third-order valence-corrected chi connectivity index (χ3v) is 4.65. The second kappa shape index (κ2) is 7.25.